The molecule has 2 aromatic rings. The number of nitrogens with two attached hydrogens (primary N) is 2. The van der Waals surface area contributed by atoms with Gasteiger partial charge in [0.1, 0.15) is 0 Å². The predicted octanol–water partition coefficient (Wildman–Crippen LogP) is 3.39. The van der Waals surface area contributed by atoms with Crippen molar-refractivity contribution in [2.75, 3.05) is 14.2 Å². The van der Waals surface area contributed by atoms with Gasteiger partial charge in [0.25, 0.3) is 0 Å². The van der Waals surface area contributed by atoms with Crippen molar-refractivity contribution in [3.8, 4) is 17.2 Å². The summed E-state index contributed by atoms with van der Waals surface area (Å²) in [5.41, 5.74) is 10.9. The molecule has 2 rings (SSSR count). The summed E-state index contributed by atoms with van der Waals surface area (Å²) in [6, 6.07) is 6.36. The van der Waals surface area contributed by atoms with Crippen molar-refractivity contribution < 1.29 is 51.3 Å². The number of guanidine groups is 1. The lowest BCUT2D eigenvalue weighted by Crippen LogP contribution is -2.39. The number of carbonyl (C=O) groups is 3. The second-order valence-corrected chi connectivity index (χ2v) is 8.59. The highest BCUT2D eigenvalue weighted by atomic mass is 19.4. The lowest BCUT2D eigenvalue weighted by molar-refractivity contribution is -0.275. The number of rotatable bonds is 11. The van der Waals surface area contributed by atoms with Crippen LogP contribution in [0.25, 0.3) is 0 Å². The van der Waals surface area contributed by atoms with Crippen LogP contribution in [-0.2, 0) is 16.0 Å². The number of alkyl halides is 3. The first-order valence-corrected chi connectivity index (χ1v) is 12.0. The minimum Gasteiger partial charge on any atom is -0.493 e. The van der Waals surface area contributed by atoms with Crippen molar-refractivity contribution in [2.24, 2.45) is 22.4 Å². The Morgan fingerprint density at radius 3 is 2.17 bits per heavy atom. The smallest absolute Gasteiger partial charge is 0.493 e. The normalized spacial score (nSPS) is 12.7. The quantitative estimate of drug-likeness (QED) is 0.175. The number of primary amides is 1. The number of ether oxygens (including phenoxy) is 3. The first kappa shape index (κ1) is 34.5. The maximum absolute atomic E-state index is 12.8. The van der Waals surface area contributed by atoms with Gasteiger partial charge in [-0.1, -0.05) is 26.3 Å². The Balaban J connectivity index is 0.000000474. The molecule has 2 unspecified atom stereocenters. The maximum Gasteiger partial charge on any atom is 0.573 e. The fourth-order valence-electron chi connectivity index (χ4n) is 3.18. The minimum absolute atomic E-state index is 0.0413. The number of carboxylic acids is 1. The Labute approximate surface area is 233 Å². The first-order chi connectivity index (χ1) is 19.1. The summed E-state index contributed by atoms with van der Waals surface area (Å²) < 4.78 is 61.7. The number of carboxylic acid groups (broad SMARTS) is 1. The van der Waals surface area contributed by atoms with Crippen molar-refractivity contribution in [3.05, 3.63) is 53.3 Å². The van der Waals surface area contributed by atoms with Gasteiger partial charge in [-0.05, 0) is 48.2 Å². The number of methoxy groups -OCH3 is 2. The first-order valence-electron chi connectivity index (χ1n) is 12.0. The Bertz CT molecular complexity index is 1240. The van der Waals surface area contributed by atoms with Crippen LogP contribution in [0.3, 0.4) is 0 Å². The maximum atomic E-state index is 12.8. The van der Waals surface area contributed by atoms with Gasteiger partial charge in [-0.15, -0.1) is 13.2 Å². The van der Waals surface area contributed by atoms with Crippen LogP contribution in [0.4, 0.5) is 17.6 Å². The number of amides is 2. The van der Waals surface area contributed by atoms with Gasteiger partial charge in [0.2, 0.25) is 11.8 Å². The van der Waals surface area contributed by atoms with Crippen LogP contribution in [-0.4, -0.2) is 55.5 Å². The van der Waals surface area contributed by atoms with Crippen molar-refractivity contribution in [1.82, 2.24) is 5.32 Å². The third-order valence-corrected chi connectivity index (χ3v) is 5.42. The van der Waals surface area contributed by atoms with E-state index in [9.17, 15) is 37.1 Å². The van der Waals surface area contributed by atoms with Gasteiger partial charge < -0.3 is 30.8 Å². The summed E-state index contributed by atoms with van der Waals surface area (Å²) in [5.74, 6) is -3.68. The van der Waals surface area contributed by atoms with Gasteiger partial charge in [0, 0.05) is 5.56 Å². The zero-order valence-corrected chi connectivity index (χ0v) is 22.8. The summed E-state index contributed by atoms with van der Waals surface area (Å²) >= 11 is 0. The summed E-state index contributed by atoms with van der Waals surface area (Å²) in [6.45, 7) is 3.92. The molecule has 0 saturated heterocycles. The molecule has 0 aromatic heterocycles. The number of hydrogen-bond donors (Lipinski definition) is 4. The molecule has 2 atom stereocenters. The van der Waals surface area contributed by atoms with Crippen LogP contribution < -0.4 is 31.0 Å². The third-order valence-electron chi connectivity index (χ3n) is 5.42. The molecule has 2 amide bonds. The Kier molecular flexibility index (Phi) is 13.4. The molecule has 0 aliphatic carbocycles. The number of nitrogens with one attached hydrogen (secondary N) is 1. The molecule has 0 heterocycles. The van der Waals surface area contributed by atoms with Gasteiger partial charge in [-0.3, -0.25) is 14.9 Å². The molecule has 0 fully saturated rings. The number of aliphatic imine (C=N–C) groups is 1. The SMILES string of the molecule is CCC(C)CC(N=C(N)NC(=O)Cc1ccc(OC)c(OC)c1)C(=O)O.NC(=O)c1ccc(F)c(OC(F)(F)F)c1. The van der Waals surface area contributed by atoms with E-state index >= 15 is 0 Å². The second-order valence-electron chi connectivity index (χ2n) is 8.59. The van der Waals surface area contributed by atoms with Crippen molar-refractivity contribution in [1.29, 1.82) is 0 Å². The Morgan fingerprint density at radius 1 is 1.02 bits per heavy atom. The highest BCUT2D eigenvalue weighted by Crippen LogP contribution is 2.28. The summed E-state index contributed by atoms with van der Waals surface area (Å²) in [5, 5.41) is 11.7. The van der Waals surface area contributed by atoms with Crippen LogP contribution in [0.5, 0.6) is 17.2 Å². The van der Waals surface area contributed by atoms with E-state index in [2.05, 4.69) is 15.0 Å². The molecule has 15 heteroatoms. The molecule has 11 nitrogen and oxygen atoms in total. The Morgan fingerprint density at radius 2 is 1.66 bits per heavy atom. The number of nitrogens with zero attached hydrogens (tertiary/aromatic N) is 1. The van der Waals surface area contributed by atoms with Gasteiger partial charge in [0.15, 0.2) is 35.1 Å². The molecule has 0 spiro atoms. The van der Waals surface area contributed by atoms with E-state index < -0.39 is 41.8 Å². The van der Waals surface area contributed by atoms with E-state index in [1.165, 1.54) is 14.2 Å². The molecule has 6 N–H and O–H groups in total. The van der Waals surface area contributed by atoms with E-state index in [0.717, 1.165) is 12.5 Å². The Hall–Kier alpha value is -4.56. The summed E-state index contributed by atoms with van der Waals surface area (Å²) in [4.78, 5) is 37.9. The van der Waals surface area contributed by atoms with E-state index in [1.54, 1.807) is 18.2 Å². The minimum atomic E-state index is -5.02. The predicted molar refractivity (Wildman–Crippen MR) is 140 cm³/mol. The molecule has 0 aliphatic heterocycles. The van der Waals surface area contributed by atoms with Crippen LogP contribution in [0.2, 0.25) is 0 Å². The molecular weight excluding hydrogens is 556 g/mol. The molecule has 0 radical (unpaired) electrons. The zero-order valence-electron chi connectivity index (χ0n) is 22.8. The number of benzene rings is 2. The van der Waals surface area contributed by atoms with Crippen LogP contribution in [0.1, 0.15) is 42.6 Å². The summed E-state index contributed by atoms with van der Waals surface area (Å²) in [6.07, 6.45) is -3.78. The fourth-order valence-corrected chi connectivity index (χ4v) is 3.18. The highest BCUT2D eigenvalue weighted by Gasteiger charge is 2.32. The van der Waals surface area contributed by atoms with E-state index in [-0.39, 0.29) is 23.9 Å². The van der Waals surface area contributed by atoms with Crippen molar-refractivity contribution in [3.63, 3.8) is 0 Å². The monoisotopic (exact) mass is 588 g/mol. The van der Waals surface area contributed by atoms with Gasteiger partial charge in [-0.2, -0.15) is 0 Å². The van der Waals surface area contributed by atoms with Crippen LogP contribution in [0, 0.1) is 11.7 Å². The van der Waals surface area contributed by atoms with Crippen LogP contribution in [0.15, 0.2) is 41.4 Å². The molecular formula is C26H32F4N4O7. The zero-order chi connectivity index (χ0) is 31.3. The molecule has 0 bridgehead atoms. The topological polar surface area (TPSA) is 176 Å². The van der Waals surface area contributed by atoms with Gasteiger partial charge >= 0.3 is 12.3 Å². The third kappa shape index (κ3) is 12.4. The molecule has 2 aromatic carbocycles. The van der Waals surface area contributed by atoms with E-state index in [4.69, 9.17) is 20.9 Å². The van der Waals surface area contributed by atoms with Gasteiger partial charge in [0.05, 0.1) is 20.6 Å². The molecule has 0 aliphatic rings. The average Bonchev–Trinajstić information content (AvgIpc) is 2.88. The van der Waals surface area contributed by atoms with Crippen LogP contribution >= 0.6 is 0 Å². The lowest BCUT2D eigenvalue weighted by atomic mass is 10.00. The number of halogens is 4. The number of hydrogen-bond acceptors (Lipinski definition) is 7. The van der Waals surface area contributed by atoms with Gasteiger partial charge in [-0.25, -0.2) is 14.2 Å². The molecule has 41 heavy (non-hydrogen) atoms. The number of aliphatic carboxylic acids is 1. The van der Waals surface area contributed by atoms with E-state index in [0.29, 0.717) is 35.6 Å². The molecule has 226 valence electrons. The fraction of sp³-hybridized carbons (Fsp3) is 0.385. The number of carbonyl (C=O) groups excluding carboxylic acids is 2. The van der Waals surface area contributed by atoms with E-state index in [1.807, 2.05) is 13.8 Å². The van der Waals surface area contributed by atoms with Crippen molar-refractivity contribution >= 4 is 23.7 Å². The summed E-state index contributed by atoms with van der Waals surface area (Å²) in [7, 11) is 3.04. The van der Waals surface area contributed by atoms with Crippen molar-refractivity contribution in [2.45, 2.75) is 45.5 Å². The lowest BCUT2D eigenvalue weighted by Gasteiger charge is -2.14. The highest BCUT2D eigenvalue weighted by molar-refractivity contribution is 5.97. The average molecular weight is 589 g/mol. The standard InChI is InChI=1S/C18H27N3O5.C8H5F4NO2/c1-5-11(2)8-13(17(23)24)20-18(19)21-16(22)10-12-6-7-14(25-3)15(9-12)26-4;9-5-2-1-4(7(13)14)3-6(5)15-8(10,11)12/h6-7,9,11,13H,5,8,10H2,1-4H3,(H,23,24)(H3,19,20,21,22);1-3H,(H2,13,14). The second kappa shape index (κ2) is 15.9. The largest absolute Gasteiger partial charge is 0.573 e. The molecule has 0 saturated carbocycles.